The van der Waals surface area contributed by atoms with Crippen molar-refractivity contribution in [1.29, 1.82) is 0 Å². The molecule has 0 saturated heterocycles. The second-order valence-corrected chi connectivity index (χ2v) is 6.08. The average Bonchev–Trinajstić information content (AvgIpc) is 3.01. The standard InChI is InChI=1S/C16H16N4OS/c1-2-22-15-6-5-13(9-17-15)16(21)18-8-11-3-4-12-10-19-20-14(12)7-11/h3-7,9-10H,2,8H2,1H3,(H,18,21)(H,19,20). The quantitative estimate of drug-likeness (QED) is 0.711. The van der Waals surface area contributed by atoms with E-state index in [1.165, 1.54) is 0 Å². The Morgan fingerprint density at radius 2 is 2.18 bits per heavy atom. The lowest BCUT2D eigenvalue weighted by molar-refractivity contribution is 0.0950. The van der Waals surface area contributed by atoms with Crippen molar-refractivity contribution in [3.63, 3.8) is 0 Å². The van der Waals surface area contributed by atoms with Gasteiger partial charge in [-0.2, -0.15) is 5.10 Å². The zero-order valence-corrected chi connectivity index (χ0v) is 13.0. The molecule has 2 heterocycles. The van der Waals surface area contributed by atoms with Crippen molar-refractivity contribution in [3.05, 3.63) is 53.9 Å². The van der Waals surface area contributed by atoms with Gasteiger partial charge >= 0.3 is 0 Å². The summed E-state index contributed by atoms with van der Waals surface area (Å²) in [5.74, 6) is 0.847. The molecule has 0 spiro atoms. The van der Waals surface area contributed by atoms with Crippen LogP contribution in [0.1, 0.15) is 22.8 Å². The van der Waals surface area contributed by atoms with E-state index in [4.69, 9.17) is 0 Å². The number of aromatic nitrogens is 3. The molecule has 6 heteroatoms. The molecular weight excluding hydrogens is 296 g/mol. The van der Waals surface area contributed by atoms with E-state index in [1.54, 1.807) is 30.2 Å². The Labute approximate surface area is 132 Å². The van der Waals surface area contributed by atoms with Crippen LogP contribution < -0.4 is 5.32 Å². The number of hydrogen-bond donors (Lipinski definition) is 2. The number of nitrogens with one attached hydrogen (secondary N) is 2. The summed E-state index contributed by atoms with van der Waals surface area (Å²) >= 11 is 1.66. The van der Waals surface area contributed by atoms with Gasteiger partial charge in [0.2, 0.25) is 0 Å². The lowest BCUT2D eigenvalue weighted by atomic mass is 10.1. The van der Waals surface area contributed by atoms with Gasteiger partial charge in [-0.3, -0.25) is 9.89 Å². The molecule has 2 N–H and O–H groups in total. The van der Waals surface area contributed by atoms with Crippen molar-refractivity contribution in [2.75, 3.05) is 5.75 Å². The van der Waals surface area contributed by atoms with Crippen LogP contribution in [0.5, 0.6) is 0 Å². The van der Waals surface area contributed by atoms with E-state index in [9.17, 15) is 4.79 Å². The summed E-state index contributed by atoms with van der Waals surface area (Å²) in [5, 5.41) is 11.8. The maximum absolute atomic E-state index is 12.1. The first-order chi connectivity index (χ1) is 10.8. The highest BCUT2D eigenvalue weighted by molar-refractivity contribution is 7.99. The zero-order chi connectivity index (χ0) is 15.4. The highest BCUT2D eigenvalue weighted by Gasteiger charge is 2.06. The Morgan fingerprint density at radius 1 is 1.27 bits per heavy atom. The largest absolute Gasteiger partial charge is 0.348 e. The highest BCUT2D eigenvalue weighted by atomic mass is 32.2. The van der Waals surface area contributed by atoms with Crippen molar-refractivity contribution in [2.24, 2.45) is 0 Å². The van der Waals surface area contributed by atoms with E-state index in [-0.39, 0.29) is 5.91 Å². The summed E-state index contributed by atoms with van der Waals surface area (Å²) in [6.45, 7) is 2.54. The van der Waals surface area contributed by atoms with Gasteiger partial charge in [-0.15, -0.1) is 11.8 Å². The van der Waals surface area contributed by atoms with E-state index in [0.717, 1.165) is 27.2 Å². The number of thioether (sulfide) groups is 1. The number of hydrogen-bond acceptors (Lipinski definition) is 4. The number of H-pyrrole nitrogens is 1. The highest BCUT2D eigenvalue weighted by Crippen LogP contribution is 2.15. The summed E-state index contributed by atoms with van der Waals surface area (Å²) in [4.78, 5) is 16.4. The number of benzene rings is 1. The third kappa shape index (κ3) is 3.28. The van der Waals surface area contributed by atoms with Crippen molar-refractivity contribution in [2.45, 2.75) is 18.5 Å². The van der Waals surface area contributed by atoms with Crippen molar-refractivity contribution >= 4 is 28.6 Å². The van der Waals surface area contributed by atoms with Gasteiger partial charge in [0.25, 0.3) is 5.91 Å². The number of rotatable bonds is 5. The molecule has 0 saturated carbocycles. The van der Waals surface area contributed by atoms with Crippen molar-refractivity contribution < 1.29 is 4.79 Å². The Morgan fingerprint density at radius 3 is 2.95 bits per heavy atom. The minimum absolute atomic E-state index is 0.120. The Hall–Kier alpha value is -2.34. The van der Waals surface area contributed by atoms with Crippen LogP contribution in [0.2, 0.25) is 0 Å². The van der Waals surface area contributed by atoms with Crippen LogP contribution in [0, 0.1) is 0 Å². The van der Waals surface area contributed by atoms with Gasteiger partial charge < -0.3 is 5.32 Å². The van der Waals surface area contributed by atoms with Crippen LogP contribution in [0.4, 0.5) is 0 Å². The maximum Gasteiger partial charge on any atom is 0.253 e. The van der Waals surface area contributed by atoms with Gasteiger partial charge in [0, 0.05) is 18.1 Å². The Kier molecular flexibility index (Phi) is 4.39. The van der Waals surface area contributed by atoms with E-state index in [2.05, 4.69) is 27.4 Å². The second-order valence-electron chi connectivity index (χ2n) is 4.79. The number of aromatic amines is 1. The third-order valence-electron chi connectivity index (χ3n) is 3.25. The molecule has 0 aliphatic heterocycles. The van der Waals surface area contributed by atoms with Crippen LogP contribution in [0.25, 0.3) is 10.9 Å². The van der Waals surface area contributed by atoms with Gasteiger partial charge in [0.15, 0.2) is 0 Å². The van der Waals surface area contributed by atoms with Crippen LogP contribution in [-0.4, -0.2) is 26.8 Å². The van der Waals surface area contributed by atoms with E-state index in [0.29, 0.717) is 12.1 Å². The van der Waals surface area contributed by atoms with Gasteiger partial charge in [-0.05, 0) is 29.5 Å². The maximum atomic E-state index is 12.1. The molecule has 0 bridgehead atoms. The number of carbonyl (C=O) groups excluding carboxylic acids is 1. The molecule has 112 valence electrons. The second kappa shape index (κ2) is 6.62. The molecule has 3 aromatic rings. The van der Waals surface area contributed by atoms with Crippen molar-refractivity contribution in [3.8, 4) is 0 Å². The SMILES string of the molecule is CCSc1ccc(C(=O)NCc2ccc3cn[nH]c3c2)cn1. The zero-order valence-electron chi connectivity index (χ0n) is 12.2. The monoisotopic (exact) mass is 312 g/mol. The molecule has 3 rings (SSSR count). The molecular formula is C16H16N4OS. The first kappa shape index (κ1) is 14.6. The normalized spacial score (nSPS) is 10.8. The summed E-state index contributed by atoms with van der Waals surface area (Å²) in [6, 6.07) is 9.63. The number of pyridine rings is 1. The number of fused-ring (bicyclic) bond motifs is 1. The van der Waals surface area contributed by atoms with Crippen LogP contribution in [0.15, 0.2) is 47.8 Å². The van der Waals surface area contributed by atoms with Gasteiger partial charge in [-0.1, -0.05) is 19.1 Å². The lowest BCUT2D eigenvalue weighted by Crippen LogP contribution is -2.22. The summed E-state index contributed by atoms with van der Waals surface area (Å²) in [7, 11) is 0. The molecule has 0 aliphatic rings. The molecule has 0 fully saturated rings. The fourth-order valence-corrected chi connectivity index (χ4v) is 2.71. The molecule has 22 heavy (non-hydrogen) atoms. The van der Waals surface area contributed by atoms with Crippen LogP contribution in [0.3, 0.4) is 0 Å². The molecule has 2 aromatic heterocycles. The number of nitrogens with zero attached hydrogens (tertiary/aromatic N) is 2. The number of carbonyl (C=O) groups is 1. The first-order valence-electron chi connectivity index (χ1n) is 7.05. The molecule has 0 atom stereocenters. The summed E-state index contributed by atoms with van der Waals surface area (Å²) in [5.41, 5.74) is 2.56. The van der Waals surface area contributed by atoms with E-state index in [1.807, 2.05) is 24.3 Å². The Bertz CT molecular complexity index is 782. The van der Waals surface area contributed by atoms with E-state index < -0.39 is 0 Å². The van der Waals surface area contributed by atoms with Gasteiger partial charge in [-0.25, -0.2) is 4.98 Å². The minimum atomic E-state index is -0.120. The predicted octanol–water partition coefficient (Wildman–Crippen LogP) is 3.00. The molecule has 1 aromatic carbocycles. The molecule has 5 nitrogen and oxygen atoms in total. The van der Waals surface area contributed by atoms with Crippen LogP contribution >= 0.6 is 11.8 Å². The topological polar surface area (TPSA) is 70.7 Å². The fraction of sp³-hybridized carbons (Fsp3) is 0.188. The van der Waals surface area contributed by atoms with Crippen molar-refractivity contribution in [1.82, 2.24) is 20.5 Å². The minimum Gasteiger partial charge on any atom is -0.348 e. The summed E-state index contributed by atoms with van der Waals surface area (Å²) in [6.07, 6.45) is 3.39. The molecule has 0 radical (unpaired) electrons. The molecule has 0 unspecified atom stereocenters. The first-order valence-corrected chi connectivity index (χ1v) is 8.04. The fourth-order valence-electron chi connectivity index (χ4n) is 2.13. The smallest absolute Gasteiger partial charge is 0.253 e. The predicted molar refractivity (Wildman–Crippen MR) is 87.9 cm³/mol. The summed E-state index contributed by atoms with van der Waals surface area (Å²) < 4.78 is 0. The third-order valence-corrected chi connectivity index (χ3v) is 4.08. The molecule has 1 amide bonds. The number of amides is 1. The lowest BCUT2D eigenvalue weighted by Gasteiger charge is -2.06. The molecule has 0 aliphatic carbocycles. The average molecular weight is 312 g/mol. The van der Waals surface area contributed by atoms with Gasteiger partial charge in [0.05, 0.1) is 22.3 Å². The Balaban J connectivity index is 1.63. The van der Waals surface area contributed by atoms with E-state index >= 15 is 0 Å². The van der Waals surface area contributed by atoms with Crippen LogP contribution in [-0.2, 0) is 6.54 Å². The van der Waals surface area contributed by atoms with Gasteiger partial charge in [0.1, 0.15) is 0 Å².